The second kappa shape index (κ2) is 8.90. The highest BCUT2D eigenvalue weighted by Gasteiger charge is 2.11. The Balaban J connectivity index is 2.30. The zero-order valence-corrected chi connectivity index (χ0v) is 15.6. The molecule has 0 atom stereocenters. The number of halogens is 3. The van der Waals surface area contributed by atoms with E-state index in [9.17, 15) is 4.39 Å². The number of nitrogens with one attached hydrogen (secondary N) is 1. The third kappa shape index (κ3) is 5.78. The number of aryl methyl sites for hydroxylation is 1. The average molecular weight is 380 g/mol. The van der Waals surface area contributed by atoms with Crippen LogP contribution in [0, 0.1) is 6.92 Å². The molecule has 0 amide bonds. The van der Waals surface area contributed by atoms with Crippen LogP contribution in [0.15, 0.2) is 71.2 Å². The Morgan fingerprint density at radius 3 is 2.44 bits per heavy atom. The number of rotatable bonds is 6. The first kappa shape index (κ1) is 19.3. The summed E-state index contributed by atoms with van der Waals surface area (Å²) in [5, 5.41) is 2.27. The van der Waals surface area contributed by atoms with Crippen molar-refractivity contribution in [2.45, 2.75) is 20.3 Å². The first-order valence-corrected chi connectivity index (χ1v) is 8.46. The standard InChI is InChI=1S/C19H20Cl2FN3/c1-13-5-3-4-6-19(13)25(23)24-18(17(22)11-14(2)20)12-15-7-9-16(21)10-8-15/h3-11,24H,12,23H2,1-2H3/b14-11+,18-17+. The summed E-state index contributed by atoms with van der Waals surface area (Å²) in [6.07, 6.45) is 1.56. The fourth-order valence-corrected chi connectivity index (χ4v) is 2.51. The molecule has 25 heavy (non-hydrogen) atoms. The van der Waals surface area contributed by atoms with Crippen LogP contribution in [0.5, 0.6) is 0 Å². The van der Waals surface area contributed by atoms with E-state index < -0.39 is 5.83 Å². The molecule has 0 fully saturated rings. The number of allylic oxidation sites excluding steroid dienone is 4. The molecule has 0 spiro atoms. The molecule has 0 aliphatic rings. The number of hydrogen-bond acceptors (Lipinski definition) is 3. The zero-order valence-electron chi connectivity index (χ0n) is 14.1. The van der Waals surface area contributed by atoms with Gasteiger partial charge in [-0.25, -0.2) is 15.4 Å². The molecule has 0 saturated carbocycles. The van der Waals surface area contributed by atoms with Crippen molar-refractivity contribution in [3.8, 4) is 0 Å². The lowest BCUT2D eigenvalue weighted by atomic mass is 10.1. The van der Waals surface area contributed by atoms with Crippen molar-refractivity contribution in [3.05, 3.63) is 87.3 Å². The number of hydrogen-bond donors (Lipinski definition) is 2. The number of nitrogens with zero attached hydrogens (tertiary/aromatic N) is 1. The predicted molar refractivity (Wildman–Crippen MR) is 104 cm³/mol. The van der Waals surface area contributed by atoms with Crippen LogP contribution in [-0.4, -0.2) is 0 Å². The zero-order chi connectivity index (χ0) is 18.4. The van der Waals surface area contributed by atoms with Gasteiger partial charge in [0.25, 0.3) is 0 Å². The van der Waals surface area contributed by atoms with E-state index in [1.54, 1.807) is 19.1 Å². The Labute approximate surface area is 157 Å². The smallest absolute Gasteiger partial charge is 0.145 e. The van der Waals surface area contributed by atoms with E-state index >= 15 is 0 Å². The van der Waals surface area contributed by atoms with Gasteiger partial charge in [-0.15, -0.1) is 0 Å². The molecule has 0 heterocycles. The van der Waals surface area contributed by atoms with E-state index in [0.29, 0.717) is 22.2 Å². The maximum Gasteiger partial charge on any atom is 0.145 e. The molecule has 0 aromatic heterocycles. The van der Waals surface area contributed by atoms with E-state index in [0.717, 1.165) is 16.8 Å². The van der Waals surface area contributed by atoms with Gasteiger partial charge in [-0.3, -0.25) is 5.43 Å². The monoisotopic (exact) mass is 379 g/mol. The van der Waals surface area contributed by atoms with E-state index in [2.05, 4.69) is 5.43 Å². The molecule has 2 aromatic carbocycles. The number of para-hydroxylation sites is 1. The molecule has 0 aliphatic heterocycles. The van der Waals surface area contributed by atoms with Crippen LogP contribution in [0.2, 0.25) is 5.02 Å². The number of anilines is 1. The summed E-state index contributed by atoms with van der Waals surface area (Å²) in [6, 6.07) is 14.8. The maximum atomic E-state index is 14.6. The molecular formula is C19H20Cl2FN3. The summed E-state index contributed by atoms with van der Waals surface area (Å²) < 4.78 is 14.6. The summed E-state index contributed by atoms with van der Waals surface area (Å²) in [5.74, 6) is 5.61. The summed E-state index contributed by atoms with van der Waals surface area (Å²) in [7, 11) is 0. The number of hydrazine groups is 2. The molecular weight excluding hydrogens is 360 g/mol. The summed E-state index contributed by atoms with van der Waals surface area (Å²) in [6.45, 7) is 3.54. The molecule has 0 aliphatic carbocycles. The summed E-state index contributed by atoms with van der Waals surface area (Å²) >= 11 is 11.7. The second-order valence-corrected chi connectivity index (χ2v) is 6.66. The molecule has 2 rings (SSSR count). The van der Waals surface area contributed by atoms with Crippen molar-refractivity contribution in [2.24, 2.45) is 5.84 Å². The first-order valence-electron chi connectivity index (χ1n) is 7.71. The van der Waals surface area contributed by atoms with Gasteiger partial charge in [0.05, 0.1) is 11.4 Å². The van der Waals surface area contributed by atoms with Gasteiger partial charge in [0.1, 0.15) is 5.83 Å². The Kier molecular flexibility index (Phi) is 6.88. The van der Waals surface area contributed by atoms with E-state index in [4.69, 9.17) is 29.0 Å². The first-order chi connectivity index (χ1) is 11.9. The molecule has 132 valence electrons. The summed E-state index contributed by atoms with van der Waals surface area (Å²) in [4.78, 5) is 0. The quantitative estimate of drug-likeness (QED) is 0.401. The van der Waals surface area contributed by atoms with Crippen LogP contribution in [0.25, 0.3) is 0 Å². The van der Waals surface area contributed by atoms with Crippen molar-refractivity contribution < 1.29 is 4.39 Å². The largest absolute Gasteiger partial charge is 0.285 e. The lowest BCUT2D eigenvalue weighted by Crippen LogP contribution is -2.44. The fraction of sp³-hybridized carbons (Fsp3) is 0.158. The van der Waals surface area contributed by atoms with Gasteiger partial charge in [0.15, 0.2) is 0 Å². The Bertz CT molecular complexity index is 782. The van der Waals surface area contributed by atoms with Crippen LogP contribution in [0.4, 0.5) is 10.1 Å². The summed E-state index contributed by atoms with van der Waals surface area (Å²) in [5.41, 5.74) is 5.82. The van der Waals surface area contributed by atoms with E-state index in [1.807, 2.05) is 43.3 Å². The maximum absolute atomic E-state index is 14.6. The van der Waals surface area contributed by atoms with Gasteiger partial charge in [-0.1, -0.05) is 53.5 Å². The molecule has 0 bridgehead atoms. The third-order valence-electron chi connectivity index (χ3n) is 3.54. The van der Waals surface area contributed by atoms with Gasteiger partial charge in [0.2, 0.25) is 0 Å². The van der Waals surface area contributed by atoms with Crippen molar-refractivity contribution in [1.82, 2.24) is 5.43 Å². The van der Waals surface area contributed by atoms with Gasteiger partial charge in [-0.05, 0) is 49.2 Å². The van der Waals surface area contributed by atoms with Crippen molar-refractivity contribution >= 4 is 28.9 Å². The van der Waals surface area contributed by atoms with E-state index in [-0.39, 0.29) is 0 Å². The number of benzene rings is 2. The van der Waals surface area contributed by atoms with Crippen LogP contribution in [0.1, 0.15) is 18.1 Å². The van der Waals surface area contributed by atoms with Crippen molar-refractivity contribution in [3.63, 3.8) is 0 Å². The predicted octanol–water partition coefficient (Wildman–Crippen LogP) is 5.40. The molecule has 6 heteroatoms. The minimum atomic E-state index is -0.480. The average Bonchev–Trinajstić information content (AvgIpc) is 2.56. The second-order valence-electron chi connectivity index (χ2n) is 5.63. The Morgan fingerprint density at radius 1 is 1.20 bits per heavy atom. The third-order valence-corrected chi connectivity index (χ3v) is 3.90. The highest BCUT2D eigenvalue weighted by Crippen LogP contribution is 2.20. The Hall–Kier alpha value is -2.01. The minimum absolute atomic E-state index is 0.299. The van der Waals surface area contributed by atoms with Gasteiger partial charge in [0, 0.05) is 16.5 Å². The molecule has 0 unspecified atom stereocenters. The van der Waals surface area contributed by atoms with Crippen LogP contribution < -0.4 is 16.4 Å². The molecule has 3 N–H and O–H groups in total. The van der Waals surface area contributed by atoms with Crippen LogP contribution in [-0.2, 0) is 6.42 Å². The van der Waals surface area contributed by atoms with Crippen LogP contribution in [0.3, 0.4) is 0 Å². The minimum Gasteiger partial charge on any atom is -0.285 e. The van der Waals surface area contributed by atoms with Crippen molar-refractivity contribution in [2.75, 3.05) is 5.12 Å². The number of nitrogens with two attached hydrogens (primary N) is 1. The van der Waals surface area contributed by atoms with Crippen LogP contribution >= 0.6 is 23.2 Å². The van der Waals surface area contributed by atoms with E-state index in [1.165, 1.54) is 11.2 Å². The topological polar surface area (TPSA) is 41.3 Å². The van der Waals surface area contributed by atoms with Gasteiger partial charge in [-0.2, -0.15) is 0 Å². The molecule has 0 saturated heterocycles. The van der Waals surface area contributed by atoms with Gasteiger partial charge < -0.3 is 0 Å². The molecule has 3 nitrogen and oxygen atoms in total. The Morgan fingerprint density at radius 2 is 1.84 bits per heavy atom. The van der Waals surface area contributed by atoms with Crippen molar-refractivity contribution in [1.29, 1.82) is 0 Å². The lowest BCUT2D eigenvalue weighted by Gasteiger charge is -2.24. The normalized spacial score (nSPS) is 12.6. The lowest BCUT2D eigenvalue weighted by molar-refractivity contribution is 0.607. The highest BCUT2D eigenvalue weighted by atomic mass is 35.5. The fourth-order valence-electron chi connectivity index (χ4n) is 2.28. The SMILES string of the molecule is C/C(Cl)=C\C(F)=C(\Cc1ccc(Cl)cc1)NN(N)c1ccccc1C. The van der Waals surface area contributed by atoms with Gasteiger partial charge >= 0.3 is 0 Å². The molecule has 0 radical (unpaired) electrons. The molecule has 2 aromatic rings. The highest BCUT2D eigenvalue weighted by molar-refractivity contribution is 6.30.